The van der Waals surface area contributed by atoms with E-state index in [0.717, 1.165) is 25.7 Å². The summed E-state index contributed by atoms with van der Waals surface area (Å²) in [5, 5.41) is 0. The quantitative estimate of drug-likeness (QED) is 0.544. The number of carbonyl (C=O) groups excluding carboxylic acids is 1. The van der Waals surface area contributed by atoms with Crippen LogP contribution in [0.25, 0.3) is 0 Å². The molecule has 3 aliphatic rings. The molecule has 0 aromatic rings. The van der Waals surface area contributed by atoms with Gasteiger partial charge in [-0.15, -0.1) is 0 Å². The van der Waals surface area contributed by atoms with Crippen molar-refractivity contribution in [1.82, 2.24) is 0 Å². The van der Waals surface area contributed by atoms with Crippen LogP contribution < -0.4 is 0 Å². The molecule has 0 radical (unpaired) electrons. The summed E-state index contributed by atoms with van der Waals surface area (Å²) in [5.41, 5.74) is 1.47. The van der Waals surface area contributed by atoms with Crippen molar-refractivity contribution in [3.8, 4) is 0 Å². The molecule has 2 aliphatic carbocycles. The van der Waals surface area contributed by atoms with E-state index in [2.05, 4.69) is 27.4 Å². The number of hydrogen-bond acceptors (Lipinski definition) is 3. The van der Waals surface area contributed by atoms with Gasteiger partial charge in [0.1, 0.15) is 6.10 Å². The van der Waals surface area contributed by atoms with Crippen molar-refractivity contribution < 1.29 is 14.3 Å². The summed E-state index contributed by atoms with van der Waals surface area (Å²) in [6.07, 6.45) is 4.61. The Hall–Kier alpha value is -0.830. The molecule has 0 spiro atoms. The molecule has 1 aliphatic heterocycles. The zero-order chi connectivity index (χ0) is 14.7. The Bertz CT molecular complexity index is 457. The summed E-state index contributed by atoms with van der Waals surface area (Å²) in [6, 6.07) is 0. The highest BCUT2D eigenvalue weighted by atomic mass is 16.5. The molecule has 0 aromatic heterocycles. The molecular formula is C17H26O3. The van der Waals surface area contributed by atoms with Crippen LogP contribution in [0.5, 0.6) is 0 Å². The van der Waals surface area contributed by atoms with Gasteiger partial charge in [0.15, 0.2) is 0 Å². The largest absolute Gasteiger partial charge is 0.462 e. The van der Waals surface area contributed by atoms with Gasteiger partial charge in [-0.1, -0.05) is 32.9 Å². The molecule has 3 rings (SSSR count). The van der Waals surface area contributed by atoms with Gasteiger partial charge in [-0.25, -0.2) is 0 Å². The Kier molecular flexibility index (Phi) is 3.06. The summed E-state index contributed by atoms with van der Waals surface area (Å²) in [5.74, 6) is 0.0998. The van der Waals surface area contributed by atoms with Crippen molar-refractivity contribution >= 4 is 5.97 Å². The summed E-state index contributed by atoms with van der Waals surface area (Å²) in [6.45, 7) is 12.6. The van der Waals surface area contributed by atoms with Gasteiger partial charge in [-0.2, -0.15) is 0 Å². The second kappa shape index (κ2) is 4.33. The average molecular weight is 278 g/mol. The van der Waals surface area contributed by atoms with E-state index < -0.39 is 0 Å². The topological polar surface area (TPSA) is 35.5 Å². The van der Waals surface area contributed by atoms with E-state index in [1.54, 1.807) is 0 Å². The van der Waals surface area contributed by atoms with Crippen LogP contribution in [0.3, 0.4) is 0 Å². The summed E-state index contributed by atoms with van der Waals surface area (Å²) >= 11 is 0. The Labute approximate surface area is 121 Å². The SMILES string of the molecule is C=C1CC[C@@H]2O[C@@H]3C[C@@](C)(C[C@H](OC(C)=O)[C@@H]3C)[C@]12C. The van der Waals surface area contributed by atoms with E-state index in [9.17, 15) is 4.79 Å². The summed E-state index contributed by atoms with van der Waals surface area (Å²) in [7, 11) is 0. The monoisotopic (exact) mass is 278 g/mol. The van der Waals surface area contributed by atoms with Crippen LogP contribution in [0.4, 0.5) is 0 Å². The van der Waals surface area contributed by atoms with Gasteiger partial charge in [-0.3, -0.25) is 4.79 Å². The first kappa shape index (κ1) is 14.1. The molecule has 6 atom stereocenters. The predicted molar refractivity (Wildman–Crippen MR) is 77.2 cm³/mol. The molecule has 1 saturated heterocycles. The number of fused-ring (bicyclic) bond motifs is 4. The molecule has 112 valence electrons. The molecule has 20 heavy (non-hydrogen) atoms. The van der Waals surface area contributed by atoms with Gasteiger partial charge < -0.3 is 9.47 Å². The fraction of sp³-hybridized carbons (Fsp3) is 0.824. The van der Waals surface area contributed by atoms with Crippen molar-refractivity contribution in [2.45, 2.75) is 71.7 Å². The van der Waals surface area contributed by atoms with Crippen LogP contribution in [0, 0.1) is 16.7 Å². The maximum Gasteiger partial charge on any atom is 0.302 e. The van der Waals surface area contributed by atoms with E-state index in [4.69, 9.17) is 9.47 Å². The first-order valence-electron chi connectivity index (χ1n) is 7.79. The fourth-order valence-corrected chi connectivity index (χ4v) is 4.85. The van der Waals surface area contributed by atoms with Crippen LogP contribution in [0.15, 0.2) is 12.2 Å². The average Bonchev–Trinajstić information content (AvgIpc) is 2.64. The Balaban J connectivity index is 1.95. The summed E-state index contributed by atoms with van der Waals surface area (Å²) < 4.78 is 12.0. The van der Waals surface area contributed by atoms with Crippen LogP contribution in [-0.2, 0) is 14.3 Å². The second-order valence-corrected chi connectivity index (χ2v) is 7.48. The third-order valence-electron chi connectivity index (χ3n) is 6.47. The van der Waals surface area contributed by atoms with Crippen molar-refractivity contribution in [2.75, 3.05) is 0 Å². The molecule has 0 amide bonds. The molecule has 3 heteroatoms. The Morgan fingerprint density at radius 1 is 1.40 bits per heavy atom. The first-order valence-corrected chi connectivity index (χ1v) is 7.79. The van der Waals surface area contributed by atoms with Crippen LogP contribution in [0.1, 0.15) is 53.4 Å². The molecule has 0 aromatic carbocycles. The lowest BCUT2D eigenvalue weighted by Gasteiger charge is -2.60. The summed E-state index contributed by atoms with van der Waals surface area (Å²) in [4.78, 5) is 11.4. The maximum absolute atomic E-state index is 11.4. The number of esters is 1. The molecule has 3 nitrogen and oxygen atoms in total. The molecule has 0 N–H and O–H groups in total. The van der Waals surface area contributed by atoms with Crippen LogP contribution in [-0.4, -0.2) is 24.3 Å². The molecule has 2 bridgehead atoms. The van der Waals surface area contributed by atoms with E-state index in [1.807, 2.05) is 0 Å². The molecular weight excluding hydrogens is 252 g/mol. The second-order valence-electron chi connectivity index (χ2n) is 7.48. The zero-order valence-electron chi connectivity index (χ0n) is 13.1. The number of carbonyl (C=O) groups is 1. The van der Waals surface area contributed by atoms with Crippen molar-refractivity contribution in [3.63, 3.8) is 0 Å². The number of rotatable bonds is 1. The highest BCUT2D eigenvalue weighted by Gasteiger charge is 2.63. The van der Waals surface area contributed by atoms with Gasteiger partial charge in [0.05, 0.1) is 12.2 Å². The van der Waals surface area contributed by atoms with E-state index in [0.29, 0.717) is 6.10 Å². The lowest BCUT2D eigenvalue weighted by Crippen LogP contribution is -2.60. The first-order chi connectivity index (χ1) is 9.28. The highest BCUT2D eigenvalue weighted by Crippen LogP contribution is 2.64. The number of ether oxygens (including phenoxy) is 2. The van der Waals surface area contributed by atoms with E-state index >= 15 is 0 Å². The molecule has 2 saturated carbocycles. The molecule has 3 fully saturated rings. The standard InChI is InChI=1S/C17H26O3/c1-10-6-7-15-17(10,5)16(4)8-13(19-12(3)18)11(2)14(9-16)20-15/h11,13-15H,1,6-9H2,2-5H3/t11-,13-,14+,15-,16+,17+/m0/s1. The van der Waals surface area contributed by atoms with Crippen molar-refractivity contribution in [3.05, 3.63) is 12.2 Å². The molecule has 1 heterocycles. The lowest BCUT2D eigenvalue weighted by atomic mass is 9.52. The fourth-order valence-electron chi connectivity index (χ4n) is 4.85. The minimum Gasteiger partial charge on any atom is -0.462 e. The van der Waals surface area contributed by atoms with Crippen LogP contribution >= 0.6 is 0 Å². The van der Waals surface area contributed by atoms with Gasteiger partial charge in [0.25, 0.3) is 0 Å². The smallest absolute Gasteiger partial charge is 0.302 e. The third kappa shape index (κ3) is 1.71. The lowest BCUT2D eigenvalue weighted by molar-refractivity contribution is -0.231. The van der Waals surface area contributed by atoms with E-state index in [1.165, 1.54) is 12.5 Å². The Morgan fingerprint density at radius 2 is 2.10 bits per heavy atom. The van der Waals surface area contributed by atoms with Gasteiger partial charge >= 0.3 is 5.97 Å². The zero-order valence-corrected chi connectivity index (χ0v) is 13.1. The normalized spacial score (nSPS) is 50.7. The van der Waals surface area contributed by atoms with E-state index in [-0.39, 0.29) is 34.9 Å². The predicted octanol–water partition coefficient (Wildman–Crippen LogP) is 3.48. The highest BCUT2D eigenvalue weighted by molar-refractivity contribution is 5.66. The molecule has 0 unspecified atom stereocenters. The third-order valence-corrected chi connectivity index (χ3v) is 6.47. The number of hydrogen-bond donors (Lipinski definition) is 0. The van der Waals surface area contributed by atoms with Crippen molar-refractivity contribution in [1.29, 1.82) is 0 Å². The van der Waals surface area contributed by atoms with Gasteiger partial charge in [0.2, 0.25) is 0 Å². The van der Waals surface area contributed by atoms with Gasteiger partial charge in [0, 0.05) is 18.3 Å². The van der Waals surface area contributed by atoms with Crippen molar-refractivity contribution in [2.24, 2.45) is 16.7 Å². The maximum atomic E-state index is 11.4. The van der Waals surface area contributed by atoms with Gasteiger partial charge in [-0.05, 0) is 31.1 Å². The minimum atomic E-state index is -0.183. The van der Waals surface area contributed by atoms with Crippen LogP contribution in [0.2, 0.25) is 0 Å². The Morgan fingerprint density at radius 3 is 2.75 bits per heavy atom. The minimum absolute atomic E-state index is 0.0255.